The molecule has 37 heavy (non-hydrogen) atoms. The maximum Gasteiger partial charge on any atom is 0.227 e. The van der Waals surface area contributed by atoms with Crippen LogP contribution in [-0.4, -0.2) is 28.6 Å². The summed E-state index contributed by atoms with van der Waals surface area (Å²) in [6.45, 7) is 6.40. The highest BCUT2D eigenvalue weighted by Gasteiger charge is 2.34. The number of halogens is 1. The van der Waals surface area contributed by atoms with Crippen molar-refractivity contribution in [2.45, 2.75) is 57.9 Å². The van der Waals surface area contributed by atoms with Gasteiger partial charge in [0.2, 0.25) is 5.91 Å². The van der Waals surface area contributed by atoms with Gasteiger partial charge in [0.05, 0.1) is 17.6 Å². The van der Waals surface area contributed by atoms with Gasteiger partial charge in [-0.1, -0.05) is 44.2 Å². The Kier molecular flexibility index (Phi) is 7.54. The third-order valence-electron chi connectivity index (χ3n) is 7.40. The number of aromatic nitrogens is 2. The van der Waals surface area contributed by atoms with E-state index in [-0.39, 0.29) is 17.6 Å². The van der Waals surface area contributed by atoms with Crippen molar-refractivity contribution < 1.29 is 13.9 Å². The van der Waals surface area contributed by atoms with E-state index in [1.165, 1.54) is 17.7 Å². The monoisotopic (exact) mass is 499 g/mol. The highest BCUT2D eigenvalue weighted by Crippen LogP contribution is 2.33. The number of para-hydroxylation sites is 2. The third-order valence-corrected chi connectivity index (χ3v) is 7.40. The van der Waals surface area contributed by atoms with Gasteiger partial charge in [0.15, 0.2) is 0 Å². The van der Waals surface area contributed by atoms with Crippen LogP contribution >= 0.6 is 0 Å². The molecule has 5 nitrogen and oxygen atoms in total. The molecule has 2 heterocycles. The van der Waals surface area contributed by atoms with E-state index in [0.29, 0.717) is 31.2 Å². The number of carbonyl (C=O) groups is 1. The summed E-state index contributed by atoms with van der Waals surface area (Å²) in [6.07, 6.45) is 3.35. The van der Waals surface area contributed by atoms with Gasteiger partial charge in [-0.25, -0.2) is 9.37 Å². The standard InChI is InChI=1S/C31H34FN3O2/c1-3-22(2)23-13-15-27(16-14-23)37-18-7-6-17-34-29-12-5-4-11-28(29)33-31(34)24-19-30(36)35(21-24)26-10-8-9-25(32)20-26/h4-5,8-16,20,22,24H,3,6-7,17-19,21H2,1-2H3. The molecule has 0 aliphatic carbocycles. The maximum absolute atomic E-state index is 13.8. The van der Waals surface area contributed by atoms with Gasteiger partial charge >= 0.3 is 0 Å². The van der Waals surface area contributed by atoms with Crippen LogP contribution in [0.2, 0.25) is 0 Å². The van der Waals surface area contributed by atoms with Gasteiger partial charge in [-0.3, -0.25) is 4.79 Å². The molecule has 6 heteroatoms. The normalized spacial score (nSPS) is 16.5. The van der Waals surface area contributed by atoms with Crippen LogP contribution in [0.15, 0.2) is 72.8 Å². The van der Waals surface area contributed by atoms with E-state index in [4.69, 9.17) is 9.72 Å². The number of carbonyl (C=O) groups excluding carboxylic acids is 1. The summed E-state index contributed by atoms with van der Waals surface area (Å²) >= 11 is 0. The van der Waals surface area contributed by atoms with Crippen molar-refractivity contribution in [1.29, 1.82) is 0 Å². The fourth-order valence-corrected chi connectivity index (χ4v) is 5.11. The number of rotatable bonds is 10. The van der Waals surface area contributed by atoms with Crippen LogP contribution in [0.1, 0.15) is 62.8 Å². The predicted molar refractivity (Wildman–Crippen MR) is 146 cm³/mol. The lowest BCUT2D eigenvalue weighted by Crippen LogP contribution is -2.24. The van der Waals surface area contributed by atoms with Gasteiger partial charge in [-0.2, -0.15) is 0 Å². The SMILES string of the molecule is CCC(C)c1ccc(OCCCCn2c(C3CC(=O)N(c4cccc(F)c4)C3)nc3ccccc32)cc1. The summed E-state index contributed by atoms with van der Waals surface area (Å²) in [7, 11) is 0. The number of anilines is 1. The number of fused-ring (bicyclic) bond motifs is 1. The molecule has 1 aromatic heterocycles. The largest absolute Gasteiger partial charge is 0.494 e. The molecule has 0 radical (unpaired) electrons. The van der Waals surface area contributed by atoms with Gasteiger partial charge in [-0.05, 0) is 73.2 Å². The number of nitrogens with zero attached hydrogens (tertiary/aromatic N) is 3. The summed E-state index contributed by atoms with van der Waals surface area (Å²) < 4.78 is 22.0. The van der Waals surface area contributed by atoms with Crippen molar-refractivity contribution in [1.82, 2.24) is 9.55 Å². The van der Waals surface area contributed by atoms with E-state index in [2.05, 4.69) is 48.7 Å². The molecule has 2 unspecified atom stereocenters. The number of ether oxygens (including phenoxy) is 1. The zero-order valence-corrected chi connectivity index (χ0v) is 21.6. The van der Waals surface area contributed by atoms with Crippen LogP contribution in [0.25, 0.3) is 11.0 Å². The van der Waals surface area contributed by atoms with Gasteiger partial charge in [0.1, 0.15) is 17.4 Å². The summed E-state index contributed by atoms with van der Waals surface area (Å²) in [4.78, 5) is 19.5. The summed E-state index contributed by atoms with van der Waals surface area (Å²) in [5, 5.41) is 0. The molecule has 0 bridgehead atoms. The van der Waals surface area contributed by atoms with Crippen LogP contribution in [-0.2, 0) is 11.3 Å². The minimum atomic E-state index is -0.338. The topological polar surface area (TPSA) is 47.4 Å². The number of imidazole rings is 1. The molecule has 192 valence electrons. The van der Waals surface area contributed by atoms with Crippen molar-refractivity contribution in [3.8, 4) is 5.75 Å². The Morgan fingerprint density at radius 2 is 1.86 bits per heavy atom. The van der Waals surface area contributed by atoms with E-state index < -0.39 is 0 Å². The summed E-state index contributed by atoms with van der Waals surface area (Å²) in [6, 6.07) is 22.8. The van der Waals surface area contributed by atoms with E-state index in [1.807, 2.05) is 18.2 Å². The molecular weight excluding hydrogens is 465 g/mol. The van der Waals surface area contributed by atoms with E-state index >= 15 is 0 Å². The van der Waals surface area contributed by atoms with Crippen molar-refractivity contribution >= 4 is 22.6 Å². The smallest absolute Gasteiger partial charge is 0.227 e. The molecule has 5 rings (SSSR count). The molecular formula is C31H34FN3O2. The molecule has 2 atom stereocenters. The lowest BCUT2D eigenvalue weighted by molar-refractivity contribution is -0.117. The molecule has 1 amide bonds. The Morgan fingerprint density at radius 1 is 1.05 bits per heavy atom. The first-order chi connectivity index (χ1) is 18.0. The maximum atomic E-state index is 13.8. The van der Waals surface area contributed by atoms with Crippen molar-refractivity contribution in [2.24, 2.45) is 0 Å². The van der Waals surface area contributed by atoms with Crippen LogP contribution in [0.3, 0.4) is 0 Å². The van der Waals surface area contributed by atoms with Crippen LogP contribution in [0, 0.1) is 5.82 Å². The first-order valence-electron chi connectivity index (χ1n) is 13.3. The lowest BCUT2D eigenvalue weighted by atomic mass is 9.99. The fraction of sp³-hybridized carbons (Fsp3) is 0.355. The number of amides is 1. The zero-order chi connectivity index (χ0) is 25.8. The Morgan fingerprint density at radius 3 is 2.65 bits per heavy atom. The highest BCUT2D eigenvalue weighted by atomic mass is 19.1. The molecule has 0 N–H and O–H groups in total. The summed E-state index contributed by atoms with van der Waals surface area (Å²) in [5.41, 5.74) is 3.96. The Bertz CT molecular complexity index is 1360. The Labute approximate surface area is 217 Å². The van der Waals surface area contributed by atoms with E-state index in [0.717, 1.165) is 48.4 Å². The fourth-order valence-electron chi connectivity index (χ4n) is 5.11. The van der Waals surface area contributed by atoms with Gasteiger partial charge in [0, 0.05) is 31.1 Å². The second-order valence-corrected chi connectivity index (χ2v) is 9.93. The lowest BCUT2D eigenvalue weighted by Gasteiger charge is -2.17. The third kappa shape index (κ3) is 5.53. The second kappa shape index (κ2) is 11.2. The minimum Gasteiger partial charge on any atom is -0.494 e. The average Bonchev–Trinajstić information content (AvgIpc) is 3.49. The molecule has 0 saturated carbocycles. The van der Waals surface area contributed by atoms with Crippen molar-refractivity contribution in [3.05, 3.63) is 90.0 Å². The summed E-state index contributed by atoms with van der Waals surface area (Å²) in [5.74, 6) is 2.02. The average molecular weight is 500 g/mol. The molecule has 0 spiro atoms. The van der Waals surface area contributed by atoms with Crippen LogP contribution < -0.4 is 9.64 Å². The van der Waals surface area contributed by atoms with Gasteiger partial charge < -0.3 is 14.2 Å². The Hall–Kier alpha value is -3.67. The number of aryl methyl sites for hydroxylation is 1. The molecule has 1 aliphatic heterocycles. The Balaban J connectivity index is 1.24. The molecule has 1 aliphatic rings. The number of benzene rings is 3. The first kappa shape index (κ1) is 25.0. The van der Waals surface area contributed by atoms with Gasteiger partial charge in [0.25, 0.3) is 0 Å². The molecule has 1 saturated heterocycles. The highest BCUT2D eigenvalue weighted by molar-refractivity contribution is 5.96. The van der Waals surface area contributed by atoms with Crippen molar-refractivity contribution in [2.75, 3.05) is 18.1 Å². The van der Waals surface area contributed by atoms with Crippen LogP contribution in [0.4, 0.5) is 10.1 Å². The van der Waals surface area contributed by atoms with Crippen molar-refractivity contribution in [3.63, 3.8) is 0 Å². The number of hydrogen-bond donors (Lipinski definition) is 0. The van der Waals surface area contributed by atoms with E-state index in [1.54, 1.807) is 17.0 Å². The zero-order valence-electron chi connectivity index (χ0n) is 21.6. The minimum absolute atomic E-state index is 0.00181. The van der Waals surface area contributed by atoms with Crippen LogP contribution in [0.5, 0.6) is 5.75 Å². The predicted octanol–water partition coefficient (Wildman–Crippen LogP) is 7.07. The quantitative estimate of drug-likeness (QED) is 0.219. The second-order valence-electron chi connectivity index (χ2n) is 9.93. The molecule has 3 aromatic carbocycles. The first-order valence-corrected chi connectivity index (χ1v) is 13.3. The van der Waals surface area contributed by atoms with E-state index in [9.17, 15) is 9.18 Å². The number of hydrogen-bond acceptors (Lipinski definition) is 3. The van der Waals surface area contributed by atoms with Gasteiger partial charge in [-0.15, -0.1) is 0 Å². The molecule has 1 fully saturated rings. The number of unbranched alkanes of at least 4 members (excludes halogenated alkanes) is 1. The molecule has 4 aromatic rings.